The van der Waals surface area contributed by atoms with Gasteiger partial charge in [-0.1, -0.05) is 19.0 Å². The largest absolute Gasteiger partial charge is 0.361 e. The van der Waals surface area contributed by atoms with E-state index in [0.717, 1.165) is 34.9 Å². The van der Waals surface area contributed by atoms with Crippen molar-refractivity contribution in [3.8, 4) is 0 Å². The lowest BCUT2D eigenvalue weighted by Gasteiger charge is -2.04. The van der Waals surface area contributed by atoms with Gasteiger partial charge in [-0.25, -0.2) is 4.98 Å². The van der Waals surface area contributed by atoms with E-state index in [2.05, 4.69) is 15.5 Å². The molecule has 0 aliphatic rings. The number of hydrogen-bond acceptors (Lipinski definition) is 6. The number of aryl methyl sites for hydroxylation is 2. The van der Waals surface area contributed by atoms with Crippen LogP contribution in [-0.2, 0) is 25.8 Å². The van der Waals surface area contributed by atoms with Crippen molar-refractivity contribution in [2.45, 2.75) is 39.7 Å². The second-order valence-electron chi connectivity index (χ2n) is 4.59. The molecule has 2 rings (SSSR count). The summed E-state index contributed by atoms with van der Waals surface area (Å²) in [5.41, 5.74) is 7.80. The van der Waals surface area contributed by atoms with E-state index in [1.54, 1.807) is 5.38 Å². The molecule has 0 aliphatic heterocycles. The number of nitrogens with zero attached hydrogens (tertiary/aromatic N) is 2. The van der Waals surface area contributed by atoms with Crippen molar-refractivity contribution in [1.82, 2.24) is 15.5 Å². The number of carbonyl (C=O) groups excluding carboxylic acids is 1. The molecule has 8 heteroatoms. The minimum atomic E-state index is -0.181. The van der Waals surface area contributed by atoms with Crippen LogP contribution in [0.15, 0.2) is 9.90 Å². The Bertz CT molecular complexity index is 590. The van der Waals surface area contributed by atoms with Gasteiger partial charge in [0.15, 0.2) is 0 Å². The van der Waals surface area contributed by atoms with Crippen molar-refractivity contribution in [2.24, 2.45) is 5.73 Å². The molecule has 2 aromatic rings. The molecular formula is C14H21ClN4O2S. The Balaban J connectivity index is 0.00000242. The number of nitrogens with two attached hydrogens (primary N) is 1. The smallest absolute Gasteiger partial charge is 0.271 e. The molecular weight excluding hydrogens is 324 g/mol. The third-order valence-corrected chi connectivity index (χ3v) is 4.08. The molecule has 0 saturated heterocycles. The number of nitrogens with one attached hydrogen (secondary N) is 1. The minimum absolute atomic E-state index is 0. The number of hydrogen-bond donors (Lipinski definition) is 2. The van der Waals surface area contributed by atoms with Crippen LogP contribution in [0.25, 0.3) is 0 Å². The zero-order chi connectivity index (χ0) is 15.2. The maximum atomic E-state index is 12.1. The molecule has 0 bridgehead atoms. The highest BCUT2D eigenvalue weighted by molar-refractivity contribution is 7.09. The van der Waals surface area contributed by atoms with Gasteiger partial charge >= 0.3 is 0 Å². The quantitative estimate of drug-likeness (QED) is 0.802. The highest BCUT2D eigenvalue weighted by Crippen LogP contribution is 2.16. The van der Waals surface area contributed by atoms with Crippen molar-refractivity contribution < 1.29 is 9.32 Å². The summed E-state index contributed by atoms with van der Waals surface area (Å²) >= 11 is 1.46. The number of thiazole rings is 1. The van der Waals surface area contributed by atoms with Crippen LogP contribution in [0.4, 0.5) is 0 Å². The van der Waals surface area contributed by atoms with Crippen molar-refractivity contribution in [3.63, 3.8) is 0 Å². The molecule has 2 heterocycles. The molecule has 0 radical (unpaired) electrons. The standard InChI is InChI=1S/C14H20N4O2S.ClH/c1-3-10-9(12(4-2)20-18-10)7-16-14(19)11-8-21-13(17-11)5-6-15;/h8H,3-7,15H2,1-2H3,(H,16,19);1H. The zero-order valence-electron chi connectivity index (χ0n) is 12.7. The molecule has 2 aromatic heterocycles. The lowest BCUT2D eigenvalue weighted by Crippen LogP contribution is -2.24. The number of halogens is 1. The van der Waals surface area contributed by atoms with Crippen molar-refractivity contribution in [1.29, 1.82) is 0 Å². The Morgan fingerprint density at radius 2 is 2.18 bits per heavy atom. The Labute approximate surface area is 139 Å². The molecule has 22 heavy (non-hydrogen) atoms. The normalized spacial score (nSPS) is 10.3. The van der Waals surface area contributed by atoms with Gasteiger partial charge in [0.1, 0.15) is 11.5 Å². The van der Waals surface area contributed by atoms with Crippen LogP contribution in [0.5, 0.6) is 0 Å². The van der Waals surface area contributed by atoms with E-state index < -0.39 is 0 Å². The highest BCUT2D eigenvalue weighted by Gasteiger charge is 2.16. The van der Waals surface area contributed by atoms with E-state index in [0.29, 0.717) is 25.2 Å². The van der Waals surface area contributed by atoms with E-state index in [1.165, 1.54) is 11.3 Å². The molecule has 3 N–H and O–H groups in total. The van der Waals surface area contributed by atoms with E-state index >= 15 is 0 Å². The van der Waals surface area contributed by atoms with Gasteiger partial charge in [0.25, 0.3) is 5.91 Å². The summed E-state index contributed by atoms with van der Waals surface area (Å²) in [6.07, 6.45) is 2.24. The average Bonchev–Trinajstić information content (AvgIpc) is 3.11. The molecule has 0 aliphatic carbocycles. The van der Waals surface area contributed by atoms with Crippen LogP contribution in [0.3, 0.4) is 0 Å². The predicted octanol–water partition coefficient (Wildman–Crippen LogP) is 2.11. The van der Waals surface area contributed by atoms with Crippen molar-refractivity contribution in [3.05, 3.63) is 33.1 Å². The van der Waals surface area contributed by atoms with Crippen molar-refractivity contribution >= 4 is 29.7 Å². The van der Waals surface area contributed by atoms with E-state index in [4.69, 9.17) is 10.3 Å². The van der Waals surface area contributed by atoms with Gasteiger partial charge in [-0.2, -0.15) is 0 Å². The van der Waals surface area contributed by atoms with Gasteiger partial charge in [-0.15, -0.1) is 23.7 Å². The fourth-order valence-corrected chi connectivity index (χ4v) is 2.84. The number of amides is 1. The molecule has 0 unspecified atom stereocenters. The summed E-state index contributed by atoms with van der Waals surface area (Å²) in [6, 6.07) is 0. The van der Waals surface area contributed by atoms with Gasteiger partial charge < -0.3 is 15.6 Å². The minimum Gasteiger partial charge on any atom is -0.361 e. The Kier molecular flexibility index (Phi) is 7.50. The van der Waals surface area contributed by atoms with Gasteiger partial charge in [-0.3, -0.25) is 4.79 Å². The first kappa shape index (κ1) is 18.6. The average molecular weight is 345 g/mol. The van der Waals surface area contributed by atoms with Crippen LogP contribution in [0.2, 0.25) is 0 Å². The van der Waals surface area contributed by atoms with Gasteiger partial charge in [0, 0.05) is 30.3 Å². The maximum Gasteiger partial charge on any atom is 0.271 e. The number of carbonyl (C=O) groups is 1. The summed E-state index contributed by atoms with van der Waals surface area (Å²) in [6.45, 7) is 4.97. The molecule has 0 aromatic carbocycles. The van der Waals surface area contributed by atoms with Crippen LogP contribution >= 0.6 is 23.7 Å². The highest BCUT2D eigenvalue weighted by atomic mass is 35.5. The SMILES string of the molecule is CCc1noc(CC)c1CNC(=O)c1csc(CCN)n1.Cl. The number of aromatic nitrogens is 2. The second-order valence-corrected chi connectivity index (χ2v) is 5.53. The summed E-state index contributed by atoms with van der Waals surface area (Å²) in [5, 5.41) is 9.56. The summed E-state index contributed by atoms with van der Waals surface area (Å²) in [7, 11) is 0. The zero-order valence-corrected chi connectivity index (χ0v) is 14.4. The fraction of sp³-hybridized carbons (Fsp3) is 0.500. The van der Waals surface area contributed by atoms with E-state index in [-0.39, 0.29) is 18.3 Å². The van der Waals surface area contributed by atoms with Crippen LogP contribution in [0.1, 0.15) is 46.4 Å². The summed E-state index contributed by atoms with van der Waals surface area (Å²) in [4.78, 5) is 16.4. The van der Waals surface area contributed by atoms with Gasteiger partial charge in [-0.05, 0) is 13.0 Å². The lowest BCUT2D eigenvalue weighted by atomic mass is 10.1. The first-order chi connectivity index (χ1) is 10.2. The van der Waals surface area contributed by atoms with Gasteiger partial charge in [0.05, 0.1) is 10.7 Å². The van der Waals surface area contributed by atoms with Crippen LogP contribution in [-0.4, -0.2) is 22.6 Å². The van der Waals surface area contributed by atoms with E-state index in [9.17, 15) is 4.79 Å². The van der Waals surface area contributed by atoms with E-state index in [1.807, 2.05) is 13.8 Å². The Hall–Kier alpha value is -1.44. The lowest BCUT2D eigenvalue weighted by molar-refractivity contribution is 0.0946. The fourth-order valence-electron chi connectivity index (χ4n) is 2.05. The Morgan fingerprint density at radius 1 is 1.41 bits per heavy atom. The van der Waals surface area contributed by atoms with Crippen LogP contribution in [0, 0.1) is 0 Å². The number of rotatable bonds is 7. The maximum absolute atomic E-state index is 12.1. The Morgan fingerprint density at radius 3 is 2.82 bits per heavy atom. The third-order valence-electron chi connectivity index (χ3n) is 3.18. The molecule has 0 fully saturated rings. The van der Waals surface area contributed by atoms with Crippen molar-refractivity contribution in [2.75, 3.05) is 6.54 Å². The van der Waals surface area contributed by atoms with Gasteiger partial charge in [0.2, 0.25) is 0 Å². The molecule has 1 amide bonds. The molecule has 0 saturated carbocycles. The molecule has 0 spiro atoms. The second kappa shape index (κ2) is 8.87. The predicted molar refractivity (Wildman–Crippen MR) is 88.5 cm³/mol. The monoisotopic (exact) mass is 344 g/mol. The topological polar surface area (TPSA) is 94.0 Å². The van der Waals surface area contributed by atoms with Crippen LogP contribution < -0.4 is 11.1 Å². The molecule has 6 nitrogen and oxygen atoms in total. The third kappa shape index (κ3) is 4.28. The first-order valence-electron chi connectivity index (χ1n) is 7.08. The summed E-state index contributed by atoms with van der Waals surface area (Å²) < 4.78 is 5.28. The molecule has 0 atom stereocenters. The first-order valence-corrected chi connectivity index (χ1v) is 7.96. The molecule has 122 valence electrons. The summed E-state index contributed by atoms with van der Waals surface area (Å²) in [5.74, 6) is 0.647.